The van der Waals surface area contributed by atoms with E-state index in [1.807, 2.05) is 0 Å². The lowest BCUT2D eigenvalue weighted by Gasteiger charge is -1.90. The van der Waals surface area contributed by atoms with Crippen molar-refractivity contribution >= 4 is 6.21 Å². The fraction of sp³-hybridized carbons (Fsp3) is 0.167. The van der Waals surface area contributed by atoms with Crippen molar-refractivity contribution in [2.45, 2.75) is 6.92 Å². The maximum Gasteiger partial charge on any atom is 0.125 e. The molecule has 0 radical (unpaired) electrons. The minimum Gasteiger partial charge on any atom is -0.411 e. The first kappa shape index (κ1) is 6.67. The summed E-state index contributed by atoms with van der Waals surface area (Å²) in [5.74, 6) is 0.664. The summed E-state index contributed by atoms with van der Waals surface area (Å²) in [7, 11) is 0. The Kier molecular flexibility index (Phi) is 1.94. The average molecular weight is 137 g/mol. The fourth-order valence-electron chi connectivity index (χ4n) is 0.606. The maximum atomic E-state index is 8.12. The molecule has 0 fully saturated rings. The molecule has 4 nitrogen and oxygen atoms in total. The third kappa shape index (κ3) is 1.51. The van der Waals surface area contributed by atoms with Gasteiger partial charge in [0.1, 0.15) is 5.82 Å². The monoisotopic (exact) mass is 137 g/mol. The number of hydrogen-bond acceptors (Lipinski definition) is 4. The zero-order valence-electron chi connectivity index (χ0n) is 5.52. The average Bonchev–Trinajstić information content (AvgIpc) is 1.88. The molecular formula is C6H7N3O. The third-order valence-corrected chi connectivity index (χ3v) is 0.988. The van der Waals surface area contributed by atoms with E-state index in [2.05, 4.69) is 15.1 Å². The second kappa shape index (κ2) is 2.91. The van der Waals surface area contributed by atoms with Crippen molar-refractivity contribution in [1.82, 2.24) is 9.97 Å². The van der Waals surface area contributed by atoms with E-state index in [4.69, 9.17) is 5.21 Å². The molecule has 0 aliphatic heterocycles. The van der Waals surface area contributed by atoms with E-state index < -0.39 is 0 Å². The van der Waals surface area contributed by atoms with Crippen molar-refractivity contribution in [1.29, 1.82) is 0 Å². The normalized spacial score (nSPS) is 10.5. The van der Waals surface area contributed by atoms with Gasteiger partial charge in [0.15, 0.2) is 0 Å². The topological polar surface area (TPSA) is 58.4 Å². The molecule has 0 atom stereocenters. The molecule has 1 rings (SSSR count). The molecule has 0 aromatic carbocycles. The Balaban J connectivity index is 2.95. The van der Waals surface area contributed by atoms with Gasteiger partial charge in [0.05, 0.1) is 11.9 Å². The van der Waals surface area contributed by atoms with Crippen LogP contribution in [0.3, 0.4) is 0 Å². The molecule has 0 bridgehead atoms. The summed E-state index contributed by atoms with van der Waals surface area (Å²) < 4.78 is 0. The van der Waals surface area contributed by atoms with Gasteiger partial charge in [-0.25, -0.2) is 9.97 Å². The number of nitrogens with zero attached hydrogens (tertiary/aromatic N) is 3. The quantitative estimate of drug-likeness (QED) is 0.350. The molecule has 0 unspecified atom stereocenters. The highest BCUT2D eigenvalue weighted by Crippen LogP contribution is 1.89. The zero-order chi connectivity index (χ0) is 7.40. The molecule has 1 aromatic heterocycles. The minimum atomic E-state index is 0.606. The summed E-state index contributed by atoms with van der Waals surface area (Å²) in [6.45, 7) is 1.77. The maximum absolute atomic E-state index is 8.12. The van der Waals surface area contributed by atoms with Gasteiger partial charge in [-0.05, 0) is 13.0 Å². The predicted octanol–water partition coefficient (Wildman–Crippen LogP) is 0.593. The highest BCUT2D eigenvalue weighted by Gasteiger charge is 1.88. The molecule has 0 aliphatic carbocycles. The Morgan fingerprint density at radius 3 is 3.10 bits per heavy atom. The lowest BCUT2D eigenvalue weighted by molar-refractivity contribution is 0.321. The highest BCUT2D eigenvalue weighted by molar-refractivity contribution is 5.75. The first-order valence-electron chi connectivity index (χ1n) is 2.80. The molecule has 0 amide bonds. The second-order valence-electron chi connectivity index (χ2n) is 1.77. The van der Waals surface area contributed by atoms with E-state index in [1.165, 1.54) is 6.21 Å². The molecule has 0 saturated carbocycles. The van der Waals surface area contributed by atoms with Crippen LogP contribution >= 0.6 is 0 Å². The van der Waals surface area contributed by atoms with Crippen LogP contribution < -0.4 is 0 Å². The van der Waals surface area contributed by atoms with Crippen molar-refractivity contribution in [3.8, 4) is 0 Å². The van der Waals surface area contributed by atoms with Crippen molar-refractivity contribution < 1.29 is 5.21 Å². The summed E-state index contributed by atoms with van der Waals surface area (Å²) in [5, 5.41) is 11.0. The van der Waals surface area contributed by atoms with Crippen LogP contribution in [-0.2, 0) is 0 Å². The molecule has 1 N–H and O–H groups in total. The van der Waals surface area contributed by atoms with Crippen LogP contribution in [0.5, 0.6) is 0 Å². The van der Waals surface area contributed by atoms with E-state index in [0.29, 0.717) is 11.5 Å². The Morgan fingerprint density at radius 1 is 1.70 bits per heavy atom. The fourth-order valence-corrected chi connectivity index (χ4v) is 0.606. The van der Waals surface area contributed by atoms with Crippen LogP contribution in [0.4, 0.5) is 0 Å². The van der Waals surface area contributed by atoms with Crippen molar-refractivity contribution in [3.63, 3.8) is 0 Å². The van der Waals surface area contributed by atoms with Crippen LogP contribution in [-0.4, -0.2) is 21.4 Å². The number of rotatable bonds is 1. The molecule has 0 aliphatic rings. The van der Waals surface area contributed by atoms with Crippen LogP contribution in [0.2, 0.25) is 0 Å². The first-order valence-corrected chi connectivity index (χ1v) is 2.80. The SMILES string of the molecule is Cc1nccc(/C=N/O)n1. The first-order chi connectivity index (χ1) is 4.83. The summed E-state index contributed by atoms with van der Waals surface area (Å²) in [4.78, 5) is 7.81. The van der Waals surface area contributed by atoms with Gasteiger partial charge in [0.2, 0.25) is 0 Å². The van der Waals surface area contributed by atoms with Gasteiger partial charge >= 0.3 is 0 Å². The van der Waals surface area contributed by atoms with Gasteiger partial charge in [-0.2, -0.15) is 0 Å². The standard InChI is InChI=1S/C6H7N3O/c1-5-7-3-2-6(9-5)4-8-10/h2-4,10H,1H3/b8-4+. The minimum absolute atomic E-state index is 0.606. The van der Waals surface area contributed by atoms with Gasteiger partial charge in [-0.1, -0.05) is 5.16 Å². The molecule has 1 heterocycles. The van der Waals surface area contributed by atoms with Crippen molar-refractivity contribution in [3.05, 3.63) is 23.8 Å². The molecule has 52 valence electrons. The lowest BCUT2D eigenvalue weighted by atomic mass is 10.4. The van der Waals surface area contributed by atoms with Crippen molar-refractivity contribution in [2.24, 2.45) is 5.16 Å². The van der Waals surface area contributed by atoms with E-state index in [1.54, 1.807) is 19.2 Å². The van der Waals surface area contributed by atoms with Crippen LogP contribution in [0.25, 0.3) is 0 Å². The number of aryl methyl sites for hydroxylation is 1. The Bertz CT molecular complexity index is 247. The smallest absolute Gasteiger partial charge is 0.125 e. The van der Waals surface area contributed by atoms with Gasteiger partial charge in [0.25, 0.3) is 0 Å². The van der Waals surface area contributed by atoms with E-state index in [-0.39, 0.29) is 0 Å². The molecule has 10 heavy (non-hydrogen) atoms. The molecule has 4 heteroatoms. The molecule has 0 saturated heterocycles. The summed E-state index contributed by atoms with van der Waals surface area (Å²) in [5.41, 5.74) is 0.606. The van der Waals surface area contributed by atoms with Crippen molar-refractivity contribution in [2.75, 3.05) is 0 Å². The zero-order valence-corrected chi connectivity index (χ0v) is 5.52. The van der Waals surface area contributed by atoms with Crippen LogP contribution in [0, 0.1) is 6.92 Å². The summed E-state index contributed by atoms with van der Waals surface area (Å²) >= 11 is 0. The summed E-state index contributed by atoms with van der Waals surface area (Å²) in [6.07, 6.45) is 2.87. The Hall–Kier alpha value is -1.45. The van der Waals surface area contributed by atoms with Gasteiger partial charge in [-0.3, -0.25) is 0 Å². The molecule has 0 spiro atoms. The number of oxime groups is 1. The van der Waals surface area contributed by atoms with Crippen LogP contribution in [0.1, 0.15) is 11.5 Å². The second-order valence-corrected chi connectivity index (χ2v) is 1.77. The Labute approximate surface area is 58.2 Å². The third-order valence-electron chi connectivity index (χ3n) is 0.988. The van der Waals surface area contributed by atoms with E-state index in [0.717, 1.165) is 0 Å². The molecule has 1 aromatic rings. The highest BCUT2D eigenvalue weighted by atomic mass is 16.4. The van der Waals surface area contributed by atoms with Crippen LogP contribution in [0.15, 0.2) is 17.4 Å². The number of hydrogen-bond donors (Lipinski definition) is 1. The molecular weight excluding hydrogens is 130 g/mol. The number of aromatic nitrogens is 2. The van der Waals surface area contributed by atoms with Gasteiger partial charge in [-0.15, -0.1) is 0 Å². The lowest BCUT2D eigenvalue weighted by Crippen LogP contribution is -1.91. The predicted molar refractivity (Wildman–Crippen MR) is 36.1 cm³/mol. The van der Waals surface area contributed by atoms with Gasteiger partial charge < -0.3 is 5.21 Å². The Morgan fingerprint density at radius 2 is 2.50 bits per heavy atom. The summed E-state index contributed by atoms with van der Waals surface area (Å²) in [6, 6.07) is 1.66. The largest absolute Gasteiger partial charge is 0.411 e. The van der Waals surface area contributed by atoms with E-state index >= 15 is 0 Å². The van der Waals surface area contributed by atoms with E-state index in [9.17, 15) is 0 Å². The van der Waals surface area contributed by atoms with Gasteiger partial charge in [0, 0.05) is 6.20 Å².